The van der Waals surface area contributed by atoms with Crippen molar-refractivity contribution in [3.63, 3.8) is 0 Å². The summed E-state index contributed by atoms with van der Waals surface area (Å²) < 4.78 is 55.3. The molecule has 0 unspecified atom stereocenters. The Kier molecular flexibility index (Phi) is 7.06. The van der Waals surface area contributed by atoms with Gasteiger partial charge < -0.3 is 5.11 Å². The number of halogens is 2. The van der Waals surface area contributed by atoms with Crippen LogP contribution in [0, 0.1) is 6.92 Å². The summed E-state index contributed by atoms with van der Waals surface area (Å²) >= 11 is 11.9. The lowest BCUT2D eigenvalue weighted by Gasteiger charge is -2.22. The summed E-state index contributed by atoms with van der Waals surface area (Å²) in [5.74, 6) is -0.576. The van der Waals surface area contributed by atoms with Gasteiger partial charge in [0, 0.05) is 23.6 Å². The van der Waals surface area contributed by atoms with Crippen LogP contribution >= 0.6 is 23.2 Å². The highest BCUT2D eigenvalue weighted by Gasteiger charge is 2.28. The molecule has 0 spiro atoms. The van der Waals surface area contributed by atoms with Gasteiger partial charge in [0.15, 0.2) is 0 Å². The molecule has 0 aliphatic rings. The molecule has 0 aliphatic heterocycles. The molecule has 0 radical (unpaired) electrons. The Hall–Kier alpha value is -2.30. The Labute approximate surface area is 197 Å². The lowest BCUT2D eigenvalue weighted by atomic mass is 10.2. The van der Waals surface area contributed by atoms with Gasteiger partial charge in [0.1, 0.15) is 10.6 Å². The number of nitrogens with one attached hydrogen (secondary N) is 1. The monoisotopic (exact) mass is 514 g/mol. The molecule has 0 aliphatic carbocycles. The zero-order valence-corrected chi connectivity index (χ0v) is 20.2. The third kappa shape index (κ3) is 5.02. The number of phenolic OH excluding ortho intramolecular Hbond substituents is 1. The number of sulfonamides is 2. The van der Waals surface area contributed by atoms with E-state index in [1.54, 1.807) is 49.4 Å². The van der Waals surface area contributed by atoms with E-state index < -0.39 is 30.7 Å². The zero-order chi connectivity index (χ0) is 23.7. The van der Waals surface area contributed by atoms with E-state index in [1.165, 1.54) is 7.05 Å². The first-order chi connectivity index (χ1) is 14.9. The van der Waals surface area contributed by atoms with E-state index >= 15 is 0 Å². The summed E-state index contributed by atoms with van der Waals surface area (Å²) in [5.41, 5.74) is 1.49. The average Bonchev–Trinajstić information content (AvgIpc) is 2.75. The second-order valence-electron chi connectivity index (χ2n) is 6.94. The fraction of sp³-hybridized carbons (Fsp3) is 0.143. The highest BCUT2D eigenvalue weighted by Crippen LogP contribution is 2.33. The quantitative estimate of drug-likeness (QED) is 0.488. The lowest BCUT2D eigenvalue weighted by molar-refractivity contribution is 0.457. The molecular formula is C21H20Cl2N2O5S2. The van der Waals surface area contributed by atoms with E-state index in [0.29, 0.717) is 26.9 Å². The molecule has 170 valence electrons. The molecule has 11 heteroatoms. The number of phenols is 1. The normalized spacial score (nSPS) is 12.0. The Morgan fingerprint density at radius 3 is 2.28 bits per heavy atom. The molecule has 3 rings (SSSR count). The number of hydrogen-bond acceptors (Lipinski definition) is 5. The molecule has 32 heavy (non-hydrogen) atoms. The minimum atomic E-state index is -4.30. The number of nitrogens with zero attached hydrogens (tertiary/aromatic N) is 1. The van der Waals surface area contributed by atoms with Crippen LogP contribution in [0.4, 0.5) is 5.69 Å². The SMILES string of the molecule is Cc1c(Cl)cccc1N(C)S(=O)(=O)c1cc(S(=O)(=O)NCc2ccc(Cl)cc2)ccc1O. The highest BCUT2D eigenvalue weighted by molar-refractivity contribution is 7.93. The summed E-state index contributed by atoms with van der Waals surface area (Å²) in [7, 11) is -7.07. The van der Waals surface area contributed by atoms with Crippen LogP contribution in [0.5, 0.6) is 5.75 Å². The maximum Gasteiger partial charge on any atom is 0.267 e. The maximum atomic E-state index is 13.2. The molecule has 0 heterocycles. The van der Waals surface area contributed by atoms with Gasteiger partial charge in [-0.3, -0.25) is 4.31 Å². The summed E-state index contributed by atoms with van der Waals surface area (Å²) in [6.45, 7) is 1.63. The maximum absolute atomic E-state index is 13.2. The molecule has 0 bridgehead atoms. The predicted molar refractivity (Wildman–Crippen MR) is 125 cm³/mol. The Morgan fingerprint density at radius 2 is 1.62 bits per heavy atom. The van der Waals surface area contributed by atoms with Gasteiger partial charge in [-0.15, -0.1) is 0 Å². The highest BCUT2D eigenvalue weighted by atomic mass is 35.5. The van der Waals surface area contributed by atoms with Gasteiger partial charge in [-0.25, -0.2) is 21.6 Å². The van der Waals surface area contributed by atoms with Gasteiger partial charge >= 0.3 is 0 Å². The first-order valence-corrected chi connectivity index (χ1v) is 12.9. The van der Waals surface area contributed by atoms with E-state index in [1.807, 2.05) is 0 Å². The van der Waals surface area contributed by atoms with Crippen molar-refractivity contribution in [2.75, 3.05) is 11.4 Å². The summed E-state index contributed by atoms with van der Waals surface area (Å²) in [4.78, 5) is -0.854. The molecule has 0 fully saturated rings. The van der Waals surface area contributed by atoms with Crippen LogP contribution in [0.3, 0.4) is 0 Å². The summed E-state index contributed by atoms with van der Waals surface area (Å²) in [6.07, 6.45) is 0. The Balaban J connectivity index is 1.95. The van der Waals surface area contributed by atoms with Gasteiger partial charge in [-0.2, -0.15) is 0 Å². The van der Waals surface area contributed by atoms with Crippen LogP contribution in [-0.4, -0.2) is 29.0 Å². The van der Waals surface area contributed by atoms with Crippen LogP contribution in [0.15, 0.2) is 70.5 Å². The third-order valence-corrected chi connectivity index (χ3v) is 8.70. The first-order valence-electron chi connectivity index (χ1n) is 9.24. The van der Waals surface area contributed by atoms with E-state index in [0.717, 1.165) is 22.5 Å². The van der Waals surface area contributed by atoms with E-state index in [9.17, 15) is 21.9 Å². The number of aromatic hydroxyl groups is 1. The largest absolute Gasteiger partial charge is 0.507 e. The van der Waals surface area contributed by atoms with Crippen molar-refractivity contribution in [1.29, 1.82) is 0 Å². The standard InChI is InChI=1S/C21H20Cl2N2O5S2/c1-14-18(23)4-3-5-19(14)25(2)32(29,30)21-12-17(10-11-20(21)26)31(27,28)24-13-15-6-8-16(22)9-7-15/h3-12,24,26H,13H2,1-2H3. The minimum Gasteiger partial charge on any atom is -0.507 e. The second-order valence-corrected chi connectivity index (χ2v) is 11.5. The molecule has 0 atom stereocenters. The van der Waals surface area contributed by atoms with Crippen LogP contribution in [0.2, 0.25) is 10.0 Å². The lowest BCUT2D eigenvalue weighted by Crippen LogP contribution is -2.28. The van der Waals surface area contributed by atoms with Crippen LogP contribution in [-0.2, 0) is 26.6 Å². The van der Waals surface area contributed by atoms with Crippen molar-refractivity contribution in [2.45, 2.75) is 23.3 Å². The van der Waals surface area contributed by atoms with Crippen molar-refractivity contribution >= 4 is 48.9 Å². The molecule has 0 aromatic heterocycles. The minimum absolute atomic E-state index is 0.0237. The molecule has 0 saturated carbocycles. The average molecular weight is 515 g/mol. The van der Waals surface area contributed by atoms with Gasteiger partial charge in [-0.05, 0) is 60.5 Å². The fourth-order valence-electron chi connectivity index (χ4n) is 2.95. The topological polar surface area (TPSA) is 104 Å². The van der Waals surface area contributed by atoms with Gasteiger partial charge in [0.25, 0.3) is 10.0 Å². The molecular weight excluding hydrogens is 495 g/mol. The van der Waals surface area contributed by atoms with Crippen LogP contribution < -0.4 is 9.03 Å². The van der Waals surface area contributed by atoms with Gasteiger partial charge in [-0.1, -0.05) is 41.4 Å². The fourth-order valence-corrected chi connectivity index (χ4v) is 5.72. The number of benzene rings is 3. The van der Waals surface area contributed by atoms with Crippen molar-refractivity contribution in [3.8, 4) is 5.75 Å². The number of rotatable bonds is 7. The zero-order valence-electron chi connectivity index (χ0n) is 17.1. The van der Waals surface area contributed by atoms with Gasteiger partial charge in [0.2, 0.25) is 10.0 Å². The van der Waals surface area contributed by atoms with Crippen molar-refractivity contribution in [2.24, 2.45) is 0 Å². The molecule has 3 aromatic rings. The van der Waals surface area contributed by atoms with E-state index in [-0.39, 0.29) is 11.4 Å². The molecule has 7 nitrogen and oxygen atoms in total. The van der Waals surface area contributed by atoms with E-state index in [2.05, 4.69) is 4.72 Å². The predicted octanol–water partition coefficient (Wildman–Crippen LogP) is 4.31. The Bertz CT molecular complexity index is 1360. The summed E-state index contributed by atoms with van der Waals surface area (Å²) in [6, 6.07) is 14.4. The second kappa shape index (κ2) is 9.29. The molecule has 0 amide bonds. The number of anilines is 1. The molecule has 0 saturated heterocycles. The molecule has 2 N–H and O–H groups in total. The van der Waals surface area contributed by atoms with Gasteiger partial charge in [0.05, 0.1) is 10.6 Å². The third-order valence-electron chi connectivity index (χ3n) is 4.84. The number of hydrogen-bond donors (Lipinski definition) is 2. The smallest absolute Gasteiger partial charge is 0.267 e. The van der Waals surface area contributed by atoms with Crippen molar-refractivity contribution < 1.29 is 21.9 Å². The summed E-state index contributed by atoms with van der Waals surface area (Å²) in [5, 5.41) is 11.1. The first kappa shape index (κ1) is 24.3. The Morgan fingerprint density at radius 1 is 0.969 bits per heavy atom. The van der Waals surface area contributed by atoms with Crippen LogP contribution in [0.1, 0.15) is 11.1 Å². The van der Waals surface area contributed by atoms with Crippen molar-refractivity contribution in [3.05, 3.63) is 81.8 Å². The molecule has 3 aromatic carbocycles. The van der Waals surface area contributed by atoms with Crippen molar-refractivity contribution in [1.82, 2.24) is 4.72 Å². The van der Waals surface area contributed by atoms with E-state index in [4.69, 9.17) is 23.2 Å². The van der Waals surface area contributed by atoms with Crippen LogP contribution in [0.25, 0.3) is 0 Å².